The number of aromatic nitrogens is 1. The number of nitrogens with zero attached hydrogens (tertiary/aromatic N) is 3. The molecule has 0 aliphatic carbocycles. The van der Waals surface area contributed by atoms with Crippen molar-refractivity contribution in [3.63, 3.8) is 0 Å². The van der Waals surface area contributed by atoms with Crippen LogP contribution in [0.15, 0.2) is 41.0 Å². The maximum Gasteiger partial charge on any atom is 0.313 e. The van der Waals surface area contributed by atoms with Gasteiger partial charge in [0.2, 0.25) is 5.82 Å². The number of hydrogen-bond donors (Lipinski definition) is 0. The standard InChI is InChI=1S/C13H11BrFN3O2/c1-2-17(11-5-3-4-10(15)7-11)13-12(18(19)20)6-9(14)8-16-13/h3-8H,2H2,1H3. The van der Waals surface area contributed by atoms with Gasteiger partial charge in [0.15, 0.2) is 0 Å². The zero-order valence-corrected chi connectivity index (χ0v) is 12.2. The average Bonchev–Trinajstić information content (AvgIpc) is 2.41. The third-order valence-electron chi connectivity index (χ3n) is 2.70. The van der Waals surface area contributed by atoms with Gasteiger partial charge in [-0.15, -0.1) is 0 Å². The second-order valence-electron chi connectivity index (χ2n) is 3.98. The predicted octanol–water partition coefficient (Wildman–Crippen LogP) is 4.05. The third kappa shape index (κ3) is 2.93. The summed E-state index contributed by atoms with van der Waals surface area (Å²) >= 11 is 3.16. The first-order valence-electron chi connectivity index (χ1n) is 5.86. The Labute approximate surface area is 123 Å². The van der Waals surface area contributed by atoms with Crippen molar-refractivity contribution in [3.8, 4) is 0 Å². The van der Waals surface area contributed by atoms with Crippen LogP contribution in [0.4, 0.5) is 21.6 Å². The maximum atomic E-state index is 13.3. The first-order valence-corrected chi connectivity index (χ1v) is 6.65. The Morgan fingerprint density at radius 1 is 1.45 bits per heavy atom. The molecule has 0 saturated heterocycles. The Bertz CT molecular complexity index is 651. The lowest BCUT2D eigenvalue weighted by molar-refractivity contribution is -0.384. The van der Waals surface area contributed by atoms with E-state index in [9.17, 15) is 14.5 Å². The number of halogens is 2. The smallest absolute Gasteiger partial charge is 0.313 e. The van der Waals surface area contributed by atoms with Crippen LogP contribution in [0.1, 0.15) is 6.92 Å². The summed E-state index contributed by atoms with van der Waals surface area (Å²) in [4.78, 5) is 16.3. The molecular formula is C13H11BrFN3O2. The van der Waals surface area contributed by atoms with Gasteiger partial charge in [-0.05, 0) is 41.1 Å². The molecule has 0 unspecified atom stereocenters. The van der Waals surface area contributed by atoms with E-state index in [2.05, 4.69) is 20.9 Å². The van der Waals surface area contributed by atoms with Crippen molar-refractivity contribution in [2.75, 3.05) is 11.4 Å². The topological polar surface area (TPSA) is 59.3 Å². The molecule has 2 aromatic rings. The molecule has 0 bridgehead atoms. The van der Waals surface area contributed by atoms with E-state index in [1.165, 1.54) is 24.4 Å². The number of hydrogen-bond acceptors (Lipinski definition) is 4. The lowest BCUT2D eigenvalue weighted by Gasteiger charge is -2.21. The number of rotatable bonds is 4. The Morgan fingerprint density at radius 2 is 2.20 bits per heavy atom. The van der Waals surface area contributed by atoms with Gasteiger partial charge >= 0.3 is 5.69 Å². The van der Waals surface area contributed by atoms with Gasteiger partial charge in [0.25, 0.3) is 0 Å². The van der Waals surface area contributed by atoms with Crippen LogP contribution in [-0.4, -0.2) is 16.5 Å². The van der Waals surface area contributed by atoms with E-state index in [1.807, 2.05) is 6.92 Å². The van der Waals surface area contributed by atoms with Gasteiger partial charge in [-0.2, -0.15) is 0 Å². The summed E-state index contributed by atoms with van der Waals surface area (Å²) in [6.07, 6.45) is 1.48. The summed E-state index contributed by atoms with van der Waals surface area (Å²) in [7, 11) is 0. The zero-order valence-electron chi connectivity index (χ0n) is 10.6. The fourth-order valence-electron chi connectivity index (χ4n) is 1.86. The van der Waals surface area contributed by atoms with E-state index in [4.69, 9.17) is 0 Å². The molecule has 1 heterocycles. The highest BCUT2D eigenvalue weighted by Crippen LogP contribution is 2.33. The Balaban J connectivity index is 2.55. The molecule has 1 aromatic carbocycles. The van der Waals surface area contributed by atoms with E-state index >= 15 is 0 Å². The van der Waals surface area contributed by atoms with Crippen LogP contribution >= 0.6 is 15.9 Å². The van der Waals surface area contributed by atoms with Crippen LogP contribution in [0, 0.1) is 15.9 Å². The normalized spacial score (nSPS) is 10.3. The Hall–Kier alpha value is -2.02. The fraction of sp³-hybridized carbons (Fsp3) is 0.154. The van der Waals surface area contributed by atoms with Crippen molar-refractivity contribution in [1.82, 2.24) is 4.98 Å². The quantitative estimate of drug-likeness (QED) is 0.622. The first-order chi connectivity index (χ1) is 9.52. The summed E-state index contributed by atoms with van der Waals surface area (Å²) in [5, 5.41) is 11.1. The van der Waals surface area contributed by atoms with Crippen molar-refractivity contribution >= 4 is 33.1 Å². The monoisotopic (exact) mass is 339 g/mol. The number of nitro groups is 1. The van der Waals surface area contributed by atoms with Crippen molar-refractivity contribution in [1.29, 1.82) is 0 Å². The highest BCUT2D eigenvalue weighted by atomic mass is 79.9. The molecule has 0 N–H and O–H groups in total. The predicted molar refractivity (Wildman–Crippen MR) is 77.7 cm³/mol. The maximum absolute atomic E-state index is 13.3. The van der Waals surface area contributed by atoms with Crippen LogP contribution in [-0.2, 0) is 0 Å². The van der Waals surface area contributed by atoms with Crippen molar-refractivity contribution in [2.24, 2.45) is 0 Å². The third-order valence-corrected chi connectivity index (χ3v) is 3.14. The van der Waals surface area contributed by atoms with Gasteiger partial charge in [-0.1, -0.05) is 6.07 Å². The molecule has 2 rings (SSSR count). The zero-order chi connectivity index (χ0) is 14.7. The number of benzene rings is 1. The highest BCUT2D eigenvalue weighted by Gasteiger charge is 2.22. The van der Waals surface area contributed by atoms with Crippen LogP contribution in [0.3, 0.4) is 0 Å². The molecule has 0 spiro atoms. The van der Waals surface area contributed by atoms with Crippen LogP contribution < -0.4 is 4.90 Å². The fourth-order valence-corrected chi connectivity index (χ4v) is 2.18. The molecule has 0 aliphatic rings. The summed E-state index contributed by atoms with van der Waals surface area (Å²) in [5.41, 5.74) is 0.385. The highest BCUT2D eigenvalue weighted by molar-refractivity contribution is 9.10. The summed E-state index contributed by atoms with van der Waals surface area (Å²) in [5.74, 6) is -0.216. The Morgan fingerprint density at radius 3 is 2.80 bits per heavy atom. The van der Waals surface area contributed by atoms with E-state index in [-0.39, 0.29) is 11.5 Å². The van der Waals surface area contributed by atoms with Crippen molar-refractivity contribution in [2.45, 2.75) is 6.92 Å². The van der Waals surface area contributed by atoms with Gasteiger partial charge < -0.3 is 4.90 Å². The minimum atomic E-state index is -0.505. The molecule has 0 saturated carbocycles. The lowest BCUT2D eigenvalue weighted by atomic mass is 10.2. The second kappa shape index (κ2) is 5.96. The molecule has 0 atom stereocenters. The molecule has 1 aromatic heterocycles. The number of pyridine rings is 1. The van der Waals surface area contributed by atoms with Crippen molar-refractivity contribution < 1.29 is 9.31 Å². The summed E-state index contributed by atoms with van der Waals surface area (Å²) in [6.45, 7) is 2.25. The van der Waals surface area contributed by atoms with E-state index in [1.54, 1.807) is 17.0 Å². The molecule has 20 heavy (non-hydrogen) atoms. The van der Waals surface area contributed by atoms with E-state index < -0.39 is 10.7 Å². The molecule has 104 valence electrons. The van der Waals surface area contributed by atoms with E-state index in [0.717, 1.165) is 0 Å². The second-order valence-corrected chi connectivity index (χ2v) is 4.89. The first kappa shape index (κ1) is 14.4. The minimum absolute atomic E-state index is 0.134. The van der Waals surface area contributed by atoms with Crippen LogP contribution in [0.5, 0.6) is 0 Å². The molecule has 0 amide bonds. The molecule has 0 fully saturated rings. The SMILES string of the molecule is CCN(c1cccc(F)c1)c1ncc(Br)cc1[N+](=O)[O-]. The van der Waals surface area contributed by atoms with Gasteiger partial charge in [-0.3, -0.25) is 10.1 Å². The molecule has 0 aliphatic heterocycles. The summed E-state index contributed by atoms with van der Waals surface area (Å²) < 4.78 is 13.8. The summed E-state index contributed by atoms with van der Waals surface area (Å²) in [6, 6.07) is 7.25. The van der Waals surface area contributed by atoms with Gasteiger partial charge in [0.05, 0.1) is 4.92 Å². The lowest BCUT2D eigenvalue weighted by Crippen LogP contribution is -2.18. The largest absolute Gasteiger partial charge is 0.321 e. The molecular weight excluding hydrogens is 329 g/mol. The van der Waals surface area contributed by atoms with Crippen LogP contribution in [0.2, 0.25) is 0 Å². The minimum Gasteiger partial charge on any atom is -0.321 e. The van der Waals surface area contributed by atoms with Crippen molar-refractivity contribution in [3.05, 3.63) is 56.9 Å². The molecule has 5 nitrogen and oxygen atoms in total. The van der Waals surface area contributed by atoms with Crippen LogP contribution in [0.25, 0.3) is 0 Å². The Kier molecular flexibility index (Phi) is 4.29. The van der Waals surface area contributed by atoms with Gasteiger partial charge in [-0.25, -0.2) is 9.37 Å². The van der Waals surface area contributed by atoms with Gasteiger partial charge in [0, 0.05) is 29.0 Å². The number of anilines is 2. The van der Waals surface area contributed by atoms with Gasteiger partial charge in [0.1, 0.15) is 5.82 Å². The molecule has 0 radical (unpaired) electrons. The van der Waals surface area contributed by atoms with E-state index in [0.29, 0.717) is 16.7 Å². The molecule has 7 heteroatoms. The average molecular weight is 340 g/mol.